The van der Waals surface area contributed by atoms with Crippen LogP contribution in [0.4, 0.5) is 5.82 Å². The van der Waals surface area contributed by atoms with Crippen LogP contribution in [0, 0.1) is 6.92 Å². The minimum Gasteiger partial charge on any atom is -0.476 e. The molecule has 2 N–H and O–H groups in total. The van der Waals surface area contributed by atoms with Gasteiger partial charge in [-0.2, -0.15) is 0 Å². The molecular formula is C18H22N4O3. The van der Waals surface area contributed by atoms with Crippen LogP contribution < -0.4 is 5.32 Å². The highest BCUT2D eigenvalue weighted by molar-refractivity contribution is 5.84. The number of carbonyl (C=O) groups is 1. The Morgan fingerprint density at radius 1 is 1.32 bits per heavy atom. The summed E-state index contributed by atoms with van der Waals surface area (Å²) in [5, 5.41) is 12.2. The van der Waals surface area contributed by atoms with Crippen molar-refractivity contribution in [1.82, 2.24) is 14.9 Å². The summed E-state index contributed by atoms with van der Waals surface area (Å²) in [4.78, 5) is 21.3. The fourth-order valence-electron chi connectivity index (χ4n) is 2.96. The summed E-state index contributed by atoms with van der Waals surface area (Å²) in [7, 11) is 0. The normalized spacial score (nSPS) is 16.4. The molecule has 1 aromatic heterocycles. The minimum absolute atomic E-state index is 0.0611. The lowest BCUT2D eigenvalue weighted by molar-refractivity contribution is 0.0187. The van der Waals surface area contributed by atoms with Gasteiger partial charge in [0.05, 0.1) is 31.6 Å². The average Bonchev–Trinajstić information content (AvgIpc) is 2.63. The van der Waals surface area contributed by atoms with Gasteiger partial charge in [0.25, 0.3) is 0 Å². The lowest BCUT2D eigenvalue weighted by Gasteiger charge is -2.35. The fourth-order valence-corrected chi connectivity index (χ4v) is 2.96. The molecule has 1 saturated heterocycles. The van der Waals surface area contributed by atoms with Crippen molar-refractivity contribution in [3.8, 4) is 0 Å². The van der Waals surface area contributed by atoms with Crippen LogP contribution in [0.1, 0.15) is 27.7 Å². The largest absolute Gasteiger partial charge is 0.476 e. The Labute approximate surface area is 146 Å². The Hall–Kier alpha value is -2.51. The Kier molecular flexibility index (Phi) is 5.57. The number of ether oxygens (including phenoxy) is 1. The number of morpholine rings is 1. The van der Waals surface area contributed by atoms with Gasteiger partial charge in [-0.25, -0.2) is 14.8 Å². The van der Waals surface area contributed by atoms with E-state index >= 15 is 0 Å². The van der Waals surface area contributed by atoms with Crippen LogP contribution >= 0.6 is 0 Å². The predicted octanol–water partition coefficient (Wildman–Crippen LogP) is 1.97. The Morgan fingerprint density at radius 2 is 2.12 bits per heavy atom. The number of aromatic carboxylic acids is 1. The van der Waals surface area contributed by atoms with Crippen LogP contribution in [-0.4, -0.2) is 58.8 Å². The summed E-state index contributed by atoms with van der Waals surface area (Å²) in [6.45, 7) is 5.96. The van der Waals surface area contributed by atoms with Gasteiger partial charge in [0.15, 0.2) is 5.69 Å². The molecule has 25 heavy (non-hydrogen) atoms. The van der Waals surface area contributed by atoms with E-state index in [4.69, 9.17) is 9.84 Å². The summed E-state index contributed by atoms with van der Waals surface area (Å²) in [6, 6.07) is 8.67. The molecule has 1 atom stereocenters. The van der Waals surface area contributed by atoms with Crippen LogP contribution in [0.15, 0.2) is 36.7 Å². The Bertz CT molecular complexity index is 715. The maximum atomic E-state index is 10.9. The second-order valence-electron chi connectivity index (χ2n) is 6.05. The van der Waals surface area contributed by atoms with Crippen LogP contribution in [0.2, 0.25) is 0 Å². The van der Waals surface area contributed by atoms with Crippen molar-refractivity contribution in [3.05, 3.63) is 53.5 Å². The summed E-state index contributed by atoms with van der Waals surface area (Å²) in [6.07, 6.45) is 2.72. The monoisotopic (exact) mass is 342 g/mol. The van der Waals surface area contributed by atoms with E-state index in [-0.39, 0.29) is 11.7 Å². The molecule has 0 aliphatic carbocycles. The van der Waals surface area contributed by atoms with Crippen molar-refractivity contribution in [2.75, 3.05) is 38.2 Å². The maximum Gasteiger partial charge on any atom is 0.356 e. The Morgan fingerprint density at radius 3 is 2.76 bits per heavy atom. The smallest absolute Gasteiger partial charge is 0.356 e. The van der Waals surface area contributed by atoms with Crippen LogP contribution in [0.25, 0.3) is 0 Å². The number of nitrogens with zero attached hydrogens (tertiary/aromatic N) is 3. The highest BCUT2D eigenvalue weighted by atomic mass is 16.5. The van der Waals surface area contributed by atoms with Gasteiger partial charge in [-0.1, -0.05) is 29.8 Å². The van der Waals surface area contributed by atoms with Gasteiger partial charge in [-0.05, 0) is 12.5 Å². The first kappa shape index (κ1) is 17.3. The first-order valence-corrected chi connectivity index (χ1v) is 8.31. The van der Waals surface area contributed by atoms with E-state index in [1.165, 1.54) is 23.5 Å². The van der Waals surface area contributed by atoms with Gasteiger partial charge in [-0.15, -0.1) is 0 Å². The van der Waals surface area contributed by atoms with Crippen molar-refractivity contribution in [2.45, 2.75) is 13.0 Å². The van der Waals surface area contributed by atoms with Gasteiger partial charge in [0.1, 0.15) is 5.82 Å². The standard InChI is InChI=1S/C18H22N4O3/c1-13-3-2-4-14(9-13)16(22-5-7-25-8-6-22)11-21-17-12-19-15(10-20-17)18(23)24/h2-4,9-10,12,16H,5-8,11H2,1H3,(H,20,21)(H,23,24). The third-order valence-electron chi connectivity index (χ3n) is 4.26. The lowest BCUT2D eigenvalue weighted by atomic mass is 10.0. The van der Waals surface area contributed by atoms with E-state index in [0.717, 1.165) is 26.3 Å². The molecule has 0 bridgehead atoms. The molecule has 0 saturated carbocycles. The average molecular weight is 342 g/mol. The molecular weight excluding hydrogens is 320 g/mol. The molecule has 3 rings (SSSR count). The topological polar surface area (TPSA) is 87.6 Å². The molecule has 7 heteroatoms. The number of anilines is 1. The van der Waals surface area contributed by atoms with Crippen LogP contribution in [-0.2, 0) is 4.74 Å². The zero-order valence-electron chi connectivity index (χ0n) is 14.2. The zero-order chi connectivity index (χ0) is 17.6. The molecule has 132 valence electrons. The van der Waals surface area contributed by atoms with E-state index in [1.54, 1.807) is 0 Å². The number of hydrogen-bond donors (Lipinski definition) is 2. The molecule has 1 aliphatic rings. The summed E-state index contributed by atoms with van der Waals surface area (Å²) in [5.74, 6) is -0.513. The fraction of sp³-hybridized carbons (Fsp3) is 0.389. The molecule has 0 amide bonds. The number of nitrogens with one attached hydrogen (secondary N) is 1. The predicted molar refractivity (Wildman–Crippen MR) is 93.8 cm³/mol. The highest BCUT2D eigenvalue weighted by Crippen LogP contribution is 2.23. The van der Waals surface area contributed by atoms with Crippen molar-refractivity contribution >= 4 is 11.8 Å². The van der Waals surface area contributed by atoms with Gasteiger partial charge in [-0.3, -0.25) is 4.90 Å². The van der Waals surface area contributed by atoms with Crippen molar-refractivity contribution in [3.63, 3.8) is 0 Å². The van der Waals surface area contributed by atoms with Crippen LogP contribution in [0.3, 0.4) is 0 Å². The highest BCUT2D eigenvalue weighted by Gasteiger charge is 2.22. The number of carboxylic acid groups (broad SMARTS) is 1. The molecule has 7 nitrogen and oxygen atoms in total. The maximum absolute atomic E-state index is 10.9. The minimum atomic E-state index is -1.08. The van der Waals surface area contributed by atoms with Gasteiger partial charge < -0.3 is 15.2 Å². The molecule has 1 fully saturated rings. The van der Waals surface area contributed by atoms with E-state index in [2.05, 4.69) is 51.4 Å². The zero-order valence-corrected chi connectivity index (χ0v) is 14.2. The van der Waals surface area contributed by atoms with E-state index in [9.17, 15) is 4.79 Å². The van der Waals surface area contributed by atoms with Crippen molar-refractivity contribution in [1.29, 1.82) is 0 Å². The molecule has 2 aromatic rings. The number of carboxylic acids is 1. The van der Waals surface area contributed by atoms with Crippen molar-refractivity contribution in [2.24, 2.45) is 0 Å². The number of hydrogen-bond acceptors (Lipinski definition) is 6. The summed E-state index contributed by atoms with van der Waals surface area (Å²) < 4.78 is 5.47. The lowest BCUT2D eigenvalue weighted by Crippen LogP contribution is -2.41. The van der Waals surface area contributed by atoms with Gasteiger partial charge >= 0.3 is 5.97 Å². The van der Waals surface area contributed by atoms with E-state index < -0.39 is 5.97 Å². The molecule has 0 spiro atoms. The number of aromatic nitrogens is 2. The SMILES string of the molecule is Cc1cccc(C(CNc2cnc(C(=O)O)cn2)N2CCOCC2)c1. The number of rotatable bonds is 6. The third-order valence-corrected chi connectivity index (χ3v) is 4.26. The Balaban J connectivity index is 1.74. The van der Waals surface area contributed by atoms with Crippen molar-refractivity contribution < 1.29 is 14.6 Å². The van der Waals surface area contributed by atoms with Crippen LogP contribution in [0.5, 0.6) is 0 Å². The summed E-state index contributed by atoms with van der Waals surface area (Å²) in [5.41, 5.74) is 2.40. The first-order chi connectivity index (χ1) is 12.1. The van der Waals surface area contributed by atoms with Gasteiger partial charge in [0.2, 0.25) is 0 Å². The first-order valence-electron chi connectivity index (χ1n) is 8.31. The van der Waals surface area contributed by atoms with Gasteiger partial charge in [0, 0.05) is 19.6 Å². The molecule has 0 radical (unpaired) electrons. The molecule has 1 unspecified atom stereocenters. The quantitative estimate of drug-likeness (QED) is 0.830. The third kappa shape index (κ3) is 4.52. The molecule has 1 aromatic carbocycles. The molecule has 2 heterocycles. The number of aryl methyl sites for hydroxylation is 1. The molecule has 1 aliphatic heterocycles. The van der Waals surface area contributed by atoms with E-state index in [0.29, 0.717) is 12.4 Å². The summed E-state index contributed by atoms with van der Waals surface area (Å²) >= 11 is 0. The second-order valence-corrected chi connectivity index (χ2v) is 6.05. The van der Waals surface area contributed by atoms with E-state index in [1.807, 2.05) is 0 Å². The second kappa shape index (κ2) is 8.04. The number of benzene rings is 1.